The standard InChI is InChI=1S/C15H11Cl5O3S/c1-6-4-7(2)15(8(3)5-6)24(21,22)23-14-12(19)10(17)9(16)11(18)13(14)20/h4-5H,1-3H3. The van der Waals surface area contributed by atoms with Crippen LogP contribution in [0.25, 0.3) is 0 Å². The van der Waals surface area contributed by atoms with E-state index in [-0.39, 0.29) is 35.8 Å². The van der Waals surface area contributed by atoms with E-state index in [9.17, 15) is 8.42 Å². The summed E-state index contributed by atoms with van der Waals surface area (Å²) in [4.78, 5) is 0.0300. The van der Waals surface area contributed by atoms with Crippen molar-refractivity contribution in [3.8, 4) is 5.75 Å². The van der Waals surface area contributed by atoms with E-state index < -0.39 is 10.1 Å². The Balaban J connectivity index is 2.65. The summed E-state index contributed by atoms with van der Waals surface area (Å²) in [5, 5.41) is -0.838. The summed E-state index contributed by atoms with van der Waals surface area (Å²) in [5.74, 6) is -0.364. The summed E-state index contributed by atoms with van der Waals surface area (Å²) < 4.78 is 30.6. The van der Waals surface area contributed by atoms with E-state index in [0.717, 1.165) is 5.56 Å². The molecule has 0 heterocycles. The molecule has 3 nitrogen and oxygen atoms in total. The van der Waals surface area contributed by atoms with E-state index in [2.05, 4.69) is 0 Å². The highest BCUT2D eigenvalue weighted by Crippen LogP contribution is 2.49. The van der Waals surface area contributed by atoms with Gasteiger partial charge < -0.3 is 4.18 Å². The maximum Gasteiger partial charge on any atom is 0.339 e. The molecule has 0 aliphatic rings. The normalized spacial score (nSPS) is 11.7. The molecule has 0 saturated heterocycles. The molecular formula is C15H11Cl5O3S. The number of hydrogen-bond acceptors (Lipinski definition) is 3. The third-order valence-electron chi connectivity index (χ3n) is 3.22. The Morgan fingerprint density at radius 3 is 1.54 bits per heavy atom. The second-order valence-electron chi connectivity index (χ2n) is 5.16. The van der Waals surface area contributed by atoms with Gasteiger partial charge in [0.05, 0.1) is 15.1 Å². The molecule has 0 unspecified atom stereocenters. The molecule has 0 saturated carbocycles. The lowest BCUT2D eigenvalue weighted by atomic mass is 10.1. The molecular weight excluding hydrogens is 437 g/mol. The van der Waals surface area contributed by atoms with Gasteiger partial charge in [0, 0.05) is 0 Å². The fourth-order valence-corrected chi connectivity index (χ4v) is 5.04. The molecule has 0 amide bonds. The minimum absolute atomic E-state index is 0.0300. The summed E-state index contributed by atoms with van der Waals surface area (Å²) in [5.41, 5.74) is 1.99. The Morgan fingerprint density at radius 2 is 1.12 bits per heavy atom. The van der Waals surface area contributed by atoms with Crippen LogP contribution in [0.1, 0.15) is 16.7 Å². The minimum Gasteiger partial charge on any atom is -0.376 e. The van der Waals surface area contributed by atoms with Crippen LogP contribution in [0.15, 0.2) is 17.0 Å². The maximum atomic E-state index is 12.7. The zero-order valence-electron chi connectivity index (χ0n) is 12.7. The first kappa shape index (κ1) is 20.0. The van der Waals surface area contributed by atoms with Crippen molar-refractivity contribution < 1.29 is 12.6 Å². The summed E-state index contributed by atoms with van der Waals surface area (Å²) in [7, 11) is -4.21. The van der Waals surface area contributed by atoms with Crippen molar-refractivity contribution in [1.29, 1.82) is 0 Å². The van der Waals surface area contributed by atoms with Gasteiger partial charge in [-0.3, -0.25) is 0 Å². The van der Waals surface area contributed by atoms with Crippen LogP contribution in [0.4, 0.5) is 0 Å². The summed E-state index contributed by atoms with van der Waals surface area (Å²) in [6, 6.07) is 3.46. The van der Waals surface area contributed by atoms with Crippen molar-refractivity contribution in [2.24, 2.45) is 0 Å². The molecule has 0 radical (unpaired) electrons. The zero-order chi connectivity index (χ0) is 18.4. The lowest BCUT2D eigenvalue weighted by molar-refractivity contribution is 0.485. The van der Waals surface area contributed by atoms with Gasteiger partial charge in [0.2, 0.25) is 0 Å². The number of rotatable bonds is 3. The monoisotopic (exact) mass is 446 g/mol. The molecule has 130 valence electrons. The molecule has 0 aromatic heterocycles. The van der Waals surface area contributed by atoms with Gasteiger partial charge in [0.15, 0.2) is 5.75 Å². The van der Waals surface area contributed by atoms with Crippen LogP contribution < -0.4 is 4.18 Å². The molecule has 24 heavy (non-hydrogen) atoms. The average molecular weight is 449 g/mol. The zero-order valence-corrected chi connectivity index (χ0v) is 17.3. The van der Waals surface area contributed by atoms with Gasteiger partial charge in [-0.15, -0.1) is 0 Å². The van der Waals surface area contributed by atoms with Gasteiger partial charge in [-0.25, -0.2) is 0 Å². The molecule has 0 aliphatic heterocycles. The fourth-order valence-electron chi connectivity index (χ4n) is 2.37. The first-order valence-electron chi connectivity index (χ1n) is 6.51. The predicted octanol–water partition coefficient (Wildman–Crippen LogP) is 6.65. The Bertz CT molecular complexity index is 887. The highest BCUT2D eigenvalue weighted by molar-refractivity contribution is 7.87. The summed E-state index contributed by atoms with van der Waals surface area (Å²) in [6.45, 7) is 5.20. The second kappa shape index (κ2) is 7.10. The summed E-state index contributed by atoms with van der Waals surface area (Å²) >= 11 is 29.8. The first-order valence-corrected chi connectivity index (χ1v) is 9.81. The maximum absolute atomic E-state index is 12.7. The predicted molar refractivity (Wildman–Crippen MR) is 100.0 cm³/mol. The molecule has 0 aliphatic carbocycles. The molecule has 9 heteroatoms. The third kappa shape index (κ3) is 3.59. The van der Waals surface area contributed by atoms with E-state index in [4.69, 9.17) is 62.2 Å². The number of aryl methyl sites for hydroxylation is 3. The van der Waals surface area contributed by atoms with Crippen molar-refractivity contribution in [2.75, 3.05) is 0 Å². The second-order valence-corrected chi connectivity index (χ2v) is 8.54. The summed E-state index contributed by atoms with van der Waals surface area (Å²) in [6.07, 6.45) is 0. The first-order chi connectivity index (χ1) is 11.0. The fraction of sp³-hybridized carbons (Fsp3) is 0.200. The van der Waals surface area contributed by atoms with E-state index in [1.807, 2.05) is 6.92 Å². The number of halogens is 5. The van der Waals surface area contributed by atoms with Crippen molar-refractivity contribution in [1.82, 2.24) is 0 Å². The number of hydrogen-bond donors (Lipinski definition) is 0. The van der Waals surface area contributed by atoms with Gasteiger partial charge in [0.1, 0.15) is 14.9 Å². The van der Waals surface area contributed by atoms with Gasteiger partial charge in [-0.05, 0) is 31.9 Å². The lowest BCUT2D eigenvalue weighted by Gasteiger charge is -2.16. The van der Waals surface area contributed by atoms with Crippen molar-refractivity contribution in [2.45, 2.75) is 25.7 Å². The Morgan fingerprint density at radius 1 is 0.750 bits per heavy atom. The minimum atomic E-state index is -4.21. The van der Waals surface area contributed by atoms with Crippen LogP contribution in [-0.4, -0.2) is 8.42 Å². The molecule has 0 N–H and O–H groups in total. The quantitative estimate of drug-likeness (QED) is 0.300. The molecule has 2 aromatic carbocycles. The van der Waals surface area contributed by atoms with Gasteiger partial charge >= 0.3 is 10.1 Å². The average Bonchev–Trinajstić information content (AvgIpc) is 2.46. The number of benzene rings is 2. The van der Waals surface area contributed by atoms with Crippen LogP contribution in [0.2, 0.25) is 25.1 Å². The molecule has 2 aromatic rings. The third-order valence-corrected chi connectivity index (χ3v) is 6.99. The smallest absolute Gasteiger partial charge is 0.339 e. The van der Waals surface area contributed by atoms with Gasteiger partial charge in [-0.1, -0.05) is 75.7 Å². The molecule has 0 spiro atoms. The van der Waals surface area contributed by atoms with Gasteiger partial charge in [0.25, 0.3) is 0 Å². The Labute approximate surface area is 165 Å². The SMILES string of the molecule is Cc1cc(C)c(S(=O)(=O)Oc2c(Cl)c(Cl)c(Cl)c(Cl)c2Cl)c(C)c1. The van der Waals surface area contributed by atoms with Crippen LogP contribution in [0.5, 0.6) is 5.75 Å². The Hall–Kier alpha value is -0.360. The highest BCUT2D eigenvalue weighted by atomic mass is 35.5. The largest absolute Gasteiger partial charge is 0.376 e. The van der Waals surface area contributed by atoms with Crippen molar-refractivity contribution in [3.05, 3.63) is 53.9 Å². The molecule has 2 rings (SSSR count). The van der Waals surface area contributed by atoms with Crippen LogP contribution in [0.3, 0.4) is 0 Å². The molecule has 0 atom stereocenters. The van der Waals surface area contributed by atoms with E-state index in [1.165, 1.54) is 0 Å². The van der Waals surface area contributed by atoms with Crippen LogP contribution in [-0.2, 0) is 10.1 Å². The van der Waals surface area contributed by atoms with E-state index >= 15 is 0 Å². The van der Waals surface area contributed by atoms with Crippen LogP contribution in [0, 0.1) is 20.8 Å². The van der Waals surface area contributed by atoms with E-state index in [0.29, 0.717) is 11.1 Å². The van der Waals surface area contributed by atoms with Crippen molar-refractivity contribution >= 4 is 68.1 Å². The van der Waals surface area contributed by atoms with E-state index in [1.54, 1.807) is 26.0 Å². The lowest BCUT2D eigenvalue weighted by Crippen LogP contribution is -2.14. The van der Waals surface area contributed by atoms with Crippen LogP contribution >= 0.6 is 58.0 Å². The van der Waals surface area contributed by atoms with Crippen molar-refractivity contribution in [3.63, 3.8) is 0 Å². The molecule has 0 bridgehead atoms. The Kier molecular flexibility index (Phi) is 5.91. The topological polar surface area (TPSA) is 43.4 Å². The molecule has 0 fully saturated rings. The van der Waals surface area contributed by atoms with Gasteiger partial charge in [-0.2, -0.15) is 8.42 Å². The highest BCUT2D eigenvalue weighted by Gasteiger charge is 2.28.